The van der Waals surface area contributed by atoms with Gasteiger partial charge in [0.25, 0.3) is 0 Å². The van der Waals surface area contributed by atoms with Crippen molar-refractivity contribution in [3.63, 3.8) is 0 Å². The van der Waals surface area contributed by atoms with Crippen LogP contribution in [0.4, 0.5) is 5.13 Å². The first-order valence-electron chi connectivity index (χ1n) is 6.98. The molecule has 0 aliphatic heterocycles. The fourth-order valence-electron chi connectivity index (χ4n) is 2.60. The minimum atomic E-state index is -0.321. The molecule has 1 N–H and O–H groups in total. The van der Waals surface area contributed by atoms with Crippen molar-refractivity contribution in [1.82, 2.24) is 4.98 Å². The number of hydrogen-bond donors (Lipinski definition) is 1. The lowest BCUT2D eigenvalue weighted by molar-refractivity contribution is 0.0519. The van der Waals surface area contributed by atoms with Crippen LogP contribution in [0.1, 0.15) is 48.5 Å². The lowest BCUT2D eigenvalue weighted by Gasteiger charge is -2.09. The van der Waals surface area contributed by atoms with Crippen LogP contribution in [0.3, 0.4) is 0 Å². The minimum absolute atomic E-state index is 0.321. The lowest BCUT2D eigenvalue weighted by atomic mass is 10.1. The minimum Gasteiger partial charge on any atom is -0.461 e. The van der Waals surface area contributed by atoms with E-state index in [1.807, 2.05) is 6.92 Å². The number of nitrogens with one attached hydrogen (secondary N) is 1. The molecule has 0 amide bonds. The highest BCUT2D eigenvalue weighted by atomic mass is 32.1. The Kier molecular flexibility index (Phi) is 4.80. The summed E-state index contributed by atoms with van der Waals surface area (Å²) in [6.45, 7) is 7.37. The molecule has 0 saturated heterocycles. The average molecular weight is 282 g/mol. The number of esters is 1. The molecule has 19 heavy (non-hydrogen) atoms. The van der Waals surface area contributed by atoms with Crippen molar-refractivity contribution in [2.45, 2.75) is 40.0 Å². The third-order valence-corrected chi connectivity index (χ3v) is 4.54. The van der Waals surface area contributed by atoms with Crippen LogP contribution in [-0.2, 0) is 4.74 Å². The van der Waals surface area contributed by atoms with E-state index in [4.69, 9.17) is 4.74 Å². The van der Waals surface area contributed by atoms with E-state index in [1.54, 1.807) is 6.92 Å². The van der Waals surface area contributed by atoms with Crippen molar-refractivity contribution < 1.29 is 9.53 Å². The highest BCUT2D eigenvalue weighted by Gasteiger charge is 2.22. The van der Waals surface area contributed by atoms with Crippen molar-refractivity contribution in [1.29, 1.82) is 0 Å². The van der Waals surface area contributed by atoms with Gasteiger partial charge in [0, 0.05) is 11.4 Å². The smallest absolute Gasteiger partial charge is 0.358 e. The van der Waals surface area contributed by atoms with Crippen molar-refractivity contribution in [2.75, 3.05) is 18.5 Å². The van der Waals surface area contributed by atoms with Crippen LogP contribution in [0.15, 0.2) is 0 Å². The SMILES string of the molecule is CCOC(=O)c1nc(NCC2CCC(C)C2)sc1C. The molecule has 0 radical (unpaired) electrons. The summed E-state index contributed by atoms with van der Waals surface area (Å²) >= 11 is 1.53. The maximum atomic E-state index is 11.7. The highest BCUT2D eigenvalue weighted by Crippen LogP contribution is 2.31. The van der Waals surface area contributed by atoms with Gasteiger partial charge in [-0.25, -0.2) is 9.78 Å². The number of rotatable bonds is 5. The second-order valence-corrected chi connectivity index (χ2v) is 6.51. The number of hydrogen-bond acceptors (Lipinski definition) is 5. The third-order valence-electron chi connectivity index (χ3n) is 3.61. The van der Waals surface area contributed by atoms with Gasteiger partial charge in [-0.1, -0.05) is 13.3 Å². The first kappa shape index (κ1) is 14.3. The predicted octanol–water partition coefficient (Wildman–Crippen LogP) is 3.48. The molecule has 2 rings (SSSR count). The monoisotopic (exact) mass is 282 g/mol. The van der Waals surface area contributed by atoms with Crippen molar-refractivity contribution in [3.05, 3.63) is 10.6 Å². The normalized spacial score (nSPS) is 22.5. The Morgan fingerprint density at radius 1 is 1.53 bits per heavy atom. The zero-order chi connectivity index (χ0) is 13.8. The average Bonchev–Trinajstić information content (AvgIpc) is 2.93. The molecule has 1 aliphatic rings. The Balaban J connectivity index is 1.91. The quantitative estimate of drug-likeness (QED) is 0.840. The van der Waals surface area contributed by atoms with E-state index in [9.17, 15) is 4.79 Å². The van der Waals surface area contributed by atoms with E-state index in [0.717, 1.165) is 28.4 Å². The molecule has 4 nitrogen and oxygen atoms in total. The van der Waals surface area contributed by atoms with Crippen molar-refractivity contribution in [2.24, 2.45) is 11.8 Å². The standard InChI is InChI=1S/C14H22N2O2S/c1-4-18-13(17)12-10(3)19-14(16-12)15-8-11-6-5-9(2)7-11/h9,11H,4-8H2,1-3H3,(H,15,16). The fraction of sp³-hybridized carbons (Fsp3) is 0.714. The van der Waals surface area contributed by atoms with Gasteiger partial charge in [0.05, 0.1) is 6.61 Å². The summed E-state index contributed by atoms with van der Waals surface area (Å²) in [5.41, 5.74) is 0.453. The number of anilines is 1. The summed E-state index contributed by atoms with van der Waals surface area (Å²) in [6, 6.07) is 0. The van der Waals surface area contributed by atoms with Gasteiger partial charge in [-0.05, 0) is 38.5 Å². The molecule has 1 aromatic rings. The first-order valence-corrected chi connectivity index (χ1v) is 7.80. The molecule has 2 unspecified atom stereocenters. The molecular weight excluding hydrogens is 260 g/mol. The van der Waals surface area contributed by atoms with Crippen LogP contribution in [0, 0.1) is 18.8 Å². The van der Waals surface area contributed by atoms with Crippen LogP contribution in [-0.4, -0.2) is 24.1 Å². The van der Waals surface area contributed by atoms with E-state index in [2.05, 4.69) is 17.2 Å². The summed E-state index contributed by atoms with van der Waals surface area (Å²) in [6.07, 6.45) is 3.92. The van der Waals surface area contributed by atoms with Gasteiger partial charge in [-0.2, -0.15) is 0 Å². The number of aryl methyl sites for hydroxylation is 1. The second kappa shape index (κ2) is 6.37. The summed E-state index contributed by atoms with van der Waals surface area (Å²) < 4.78 is 4.99. The molecule has 0 bridgehead atoms. The van der Waals surface area contributed by atoms with Gasteiger partial charge >= 0.3 is 5.97 Å². The molecule has 0 aromatic carbocycles. The van der Waals surface area contributed by atoms with Crippen LogP contribution in [0.2, 0.25) is 0 Å². The lowest BCUT2D eigenvalue weighted by Crippen LogP contribution is -2.12. The van der Waals surface area contributed by atoms with E-state index < -0.39 is 0 Å². The number of carbonyl (C=O) groups is 1. The first-order chi connectivity index (χ1) is 9.10. The van der Waals surface area contributed by atoms with E-state index in [0.29, 0.717) is 12.3 Å². The maximum absolute atomic E-state index is 11.7. The van der Waals surface area contributed by atoms with Crippen molar-refractivity contribution >= 4 is 22.4 Å². The molecule has 106 valence electrons. The predicted molar refractivity (Wildman–Crippen MR) is 77.8 cm³/mol. The molecule has 2 atom stereocenters. The highest BCUT2D eigenvalue weighted by molar-refractivity contribution is 7.15. The molecule has 1 heterocycles. The molecule has 1 aromatic heterocycles. The summed E-state index contributed by atoms with van der Waals surface area (Å²) in [5.74, 6) is 1.27. The van der Waals surface area contributed by atoms with Gasteiger partial charge in [0.1, 0.15) is 0 Å². The van der Waals surface area contributed by atoms with Gasteiger partial charge in [-0.15, -0.1) is 11.3 Å². The summed E-state index contributed by atoms with van der Waals surface area (Å²) in [7, 11) is 0. The topological polar surface area (TPSA) is 51.2 Å². The molecule has 1 aliphatic carbocycles. The molecule has 1 saturated carbocycles. The van der Waals surface area contributed by atoms with Gasteiger partial charge < -0.3 is 10.1 Å². The van der Waals surface area contributed by atoms with Gasteiger partial charge in [-0.3, -0.25) is 0 Å². The maximum Gasteiger partial charge on any atom is 0.358 e. The summed E-state index contributed by atoms with van der Waals surface area (Å²) in [5, 5.41) is 4.20. The largest absolute Gasteiger partial charge is 0.461 e. The van der Waals surface area contributed by atoms with E-state index >= 15 is 0 Å². The van der Waals surface area contributed by atoms with Crippen LogP contribution < -0.4 is 5.32 Å². The van der Waals surface area contributed by atoms with Crippen molar-refractivity contribution in [3.8, 4) is 0 Å². The molecule has 1 fully saturated rings. The molecular formula is C14H22N2O2S. The fourth-order valence-corrected chi connectivity index (χ4v) is 3.41. The van der Waals surface area contributed by atoms with Gasteiger partial charge in [0.2, 0.25) is 0 Å². The summed E-state index contributed by atoms with van der Waals surface area (Å²) in [4.78, 5) is 16.9. The number of ether oxygens (including phenoxy) is 1. The number of thiazole rings is 1. The van der Waals surface area contributed by atoms with Crippen LogP contribution in [0.25, 0.3) is 0 Å². The number of carbonyl (C=O) groups excluding carboxylic acids is 1. The number of aromatic nitrogens is 1. The Morgan fingerprint density at radius 3 is 2.95 bits per heavy atom. The number of nitrogens with zero attached hydrogens (tertiary/aromatic N) is 1. The molecule has 5 heteroatoms. The van der Waals surface area contributed by atoms with Crippen LogP contribution in [0.5, 0.6) is 0 Å². The van der Waals surface area contributed by atoms with E-state index in [1.165, 1.54) is 30.6 Å². The van der Waals surface area contributed by atoms with Crippen LogP contribution >= 0.6 is 11.3 Å². The second-order valence-electron chi connectivity index (χ2n) is 5.31. The van der Waals surface area contributed by atoms with E-state index in [-0.39, 0.29) is 5.97 Å². The molecule has 0 spiro atoms. The third kappa shape index (κ3) is 3.69. The van der Waals surface area contributed by atoms with Gasteiger partial charge in [0.15, 0.2) is 10.8 Å². The Labute approximate surface area is 118 Å². The zero-order valence-corrected chi connectivity index (χ0v) is 12.7. The Bertz CT molecular complexity index is 445. The Hall–Kier alpha value is -1.10. The Morgan fingerprint density at radius 2 is 2.32 bits per heavy atom. The zero-order valence-electron chi connectivity index (χ0n) is 11.9.